The zero-order chi connectivity index (χ0) is 12.3. The smallest absolute Gasteiger partial charge is 0.131 e. The van der Waals surface area contributed by atoms with Gasteiger partial charge in [-0.25, -0.2) is 9.97 Å². The van der Waals surface area contributed by atoms with Crippen LogP contribution in [0.25, 0.3) is 10.2 Å². The first-order valence-corrected chi connectivity index (χ1v) is 7.27. The van der Waals surface area contributed by atoms with Gasteiger partial charge in [0.05, 0.1) is 12.7 Å². The Balaban J connectivity index is 2.27. The topological polar surface area (TPSA) is 66.2 Å². The molecule has 0 aliphatic rings. The number of fused-ring (bicyclic) bond motifs is 1. The normalized spacial score (nSPS) is 13.1. The van der Waals surface area contributed by atoms with Crippen LogP contribution in [0.4, 0.5) is 0 Å². The number of thioether (sulfide) groups is 1. The molecule has 2 heterocycles. The molecular weight excluding hydrogens is 256 g/mol. The Morgan fingerprint density at radius 3 is 3.00 bits per heavy atom. The summed E-state index contributed by atoms with van der Waals surface area (Å²) in [7, 11) is 0. The summed E-state index contributed by atoms with van der Waals surface area (Å²) < 4.78 is 0. The van der Waals surface area contributed by atoms with E-state index in [1.54, 1.807) is 11.3 Å². The molecular formula is C11H14N2O2S2. The predicted molar refractivity (Wildman–Crippen MR) is 70.6 cm³/mol. The van der Waals surface area contributed by atoms with E-state index in [9.17, 15) is 5.11 Å². The maximum Gasteiger partial charge on any atom is 0.131 e. The third-order valence-electron chi connectivity index (χ3n) is 2.28. The van der Waals surface area contributed by atoms with Gasteiger partial charge in [-0.1, -0.05) is 6.92 Å². The lowest BCUT2D eigenvalue weighted by molar-refractivity contribution is 0.113. The number of aryl methyl sites for hydroxylation is 1. The van der Waals surface area contributed by atoms with Gasteiger partial charge in [0.25, 0.3) is 0 Å². The Bertz CT molecular complexity index is 501. The van der Waals surface area contributed by atoms with E-state index < -0.39 is 6.10 Å². The van der Waals surface area contributed by atoms with Crippen LogP contribution in [-0.2, 0) is 6.42 Å². The van der Waals surface area contributed by atoms with Crippen molar-refractivity contribution in [1.29, 1.82) is 0 Å². The van der Waals surface area contributed by atoms with Gasteiger partial charge in [0.15, 0.2) is 0 Å². The Morgan fingerprint density at radius 2 is 2.29 bits per heavy atom. The molecule has 0 aliphatic carbocycles. The van der Waals surface area contributed by atoms with Gasteiger partial charge in [0.1, 0.15) is 15.7 Å². The Labute approximate surface area is 108 Å². The third-order valence-corrected chi connectivity index (χ3v) is 4.22. The number of nitrogens with zero attached hydrogens (tertiary/aromatic N) is 2. The molecule has 0 aliphatic heterocycles. The molecule has 2 N–H and O–H groups in total. The van der Waals surface area contributed by atoms with Crippen molar-refractivity contribution in [3.8, 4) is 0 Å². The minimum absolute atomic E-state index is 0.217. The highest BCUT2D eigenvalue weighted by atomic mass is 32.2. The predicted octanol–water partition coefficient (Wildman–Crippen LogP) is 1.70. The molecule has 92 valence electrons. The SMILES string of the molecule is CCc1nc(SCC(O)CO)c2ccsc2n1. The van der Waals surface area contributed by atoms with Crippen LogP contribution in [0, 0.1) is 0 Å². The fourth-order valence-corrected chi connectivity index (χ4v) is 3.16. The van der Waals surface area contributed by atoms with Crippen LogP contribution in [0.1, 0.15) is 12.7 Å². The van der Waals surface area contributed by atoms with E-state index in [1.165, 1.54) is 11.8 Å². The van der Waals surface area contributed by atoms with Crippen molar-refractivity contribution in [1.82, 2.24) is 9.97 Å². The number of aromatic nitrogens is 2. The van der Waals surface area contributed by atoms with Crippen LogP contribution >= 0.6 is 23.1 Å². The van der Waals surface area contributed by atoms with Crippen LogP contribution < -0.4 is 0 Å². The minimum atomic E-state index is -0.700. The molecule has 0 aromatic carbocycles. The molecule has 2 aromatic heterocycles. The molecule has 0 amide bonds. The quantitative estimate of drug-likeness (QED) is 0.639. The van der Waals surface area contributed by atoms with Crippen LogP contribution in [0.5, 0.6) is 0 Å². The zero-order valence-electron chi connectivity index (χ0n) is 9.46. The van der Waals surface area contributed by atoms with Gasteiger partial charge in [-0.2, -0.15) is 0 Å². The summed E-state index contributed by atoms with van der Waals surface area (Å²) >= 11 is 3.06. The summed E-state index contributed by atoms with van der Waals surface area (Å²) in [6.07, 6.45) is 0.0953. The van der Waals surface area contributed by atoms with E-state index in [4.69, 9.17) is 5.11 Å². The molecule has 0 bridgehead atoms. The van der Waals surface area contributed by atoms with E-state index in [2.05, 4.69) is 9.97 Å². The summed E-state index contributed by atoms with van der Waals surface area (Å²) in [4.78, 5) is 9.89. The van der Waals surface area contributed by atoms with Gasteiger partial charge < -0.3 is 10.2 Å². The van der Waals surface area contributed by atoms with Crippen molar-refractivity contribution in [2.75, 3.05) is 12.4 Å². The molecule has 0 spiro atoms. The van der Waals surface area contributed by atoms with E-state index in [-0.39, 0.29) is 6.61 Å². The van der Waals surface area contributed by atoms with E-state index in [0.717, 1.165) is 27.5 Å². The average Bonchev–Trinajstić information content (AvgIpc) is 2.83. The van der Waals surface area contributed by atoms with Gasteiger partial charge in [0.2, 0.25) is 0 Å². The molecule has 1 unspecified atom stereocenters. The maximum absolute atomic E-state index is 9.36. The van der Waals surface area contributed by atoms with Crippen LogP contribution in [0.3, 0.4) is 0 Å². The second-order valence-electron chi connectivity index (χ2n) is 3.59. The maximum atomic E-state index is 9.36. The molecule has 0 saturated heterocycles. The van der Waals surface area contributed by atoms with Gasteiger partial charge in [-0.15, -0.1) is 23.1 Å². The van der Waals surface area contributed by atoms with Crippen LogP contribution in [-0.4, -0.2) is 38.6 Å². The van der Waals surface area contributed by atoms with Gasteiger partial charge in [-0.3, -0.25) is 0 Å². The molecule has 0 radical (unpaired) electrons. The lowest BCUT2D eigenvalue weighted by Gasteiger charge is -2.07. The summed E-state index contributed by atoms with van der Waals surface area (Å²) in [5.41, 5.74) is 0. The summed E-state index contributed by atoms with van der Waals surface area (Å²) in [6, 6.07) is 1.99. The molecule has 1 atom stereocenters. The first-order chi connectivity index (χ1) is 8.24. The highest BCUT2D eigenvalue weighted by molar-refractivity contribution is 7.99. The van der Waals surface area contributed by atoms with Gasteiger partial charge in [0, 0.05) is 17.6 Å². The summed E-state index contributed by atoms with van der Waals surface area (Å²) in [5, 5.41) is 22.1. The van der Waals surface area contributed by atoms with E-state index >= 15 is 0 Å². The third kappa shape index (κ3) is 2.95. The summed E-state index contributed by atoms with van der Waals surface area (Å²) in [5.74, 6) is 1.27. The number of hydrogen-bond acceptors (Lipinski definition) is 6. The van der Waals surface area contributed by atoms with Crippen molar-refractivity contribution in [3.63, 3.8) is 0 Å². The van der Waals surface area contributed by atoms with Crippen molar-refractivity contribution < 1.29 is 10.2 Å². The molecule has 0 fully saturated rings. The number of thiophene rings is 1. The monoisotopic (exact) mass is 270 g/mol. The molecule has 17 heavy (non-hydrogen) atoms. The minimum Gasteiger partial charge on any atom is -0.394 e. The first kappa shape index (κ1) is 12.8. The Hall–Kier alpha value is -0.690. The number of aliphatic hydroxyl groups excluding tert-OH is 2. The van der Waals surface area contributed by atoms with Crippen molar-refractivity contribution in [2.45, 2.75) is 24.5 Å². The summed E-state index contributed by atoms with van der Waals surface area (Å²) in [6.45, 7) is 1.80. The molecule has 2 aromatic rings. The molecule has 2 rings (SSSR count). The fourth-order valence-electron chi connectivity index (χ4n) is 1.37. The number of hydrogen-bond donors (Lipinski definition) is 2. The van der Waals surface area contributed by atoms with Crippen molar-refractivity contribution >= 4 is 33.3 Å². The van der Waals surface area contributed by atoms with Gasteiger partial charge >= 0.3 is 0 Å². The average molecular weight is 270 g/mol. The van der Waals surface area contributed by atoms with Gasteiger partial charge in [-0.05, 0) is 11.4 Å². The number of aliphatic hydroxyl groups is 2. The standard InChI is InChI=1S/C11H14N2O2S2/c1-2-9-12-10-8(3-4-16-10)11(13-9)17-6-7(15)5-14/h3-4,7,14-15H,2,5-6H2,1H3. The zero-order valence-corrected chi connectivity index (χ0v) is 11.1. The van der Waals surface area contributed by atoms with E-state index in [1.807, 2.05) is 18.4 Å². The second kappa shape index (κ2) is 5.77. The van der Waals surface area contributed by atoms with Crippen molar-refractivity contribution in [2.24, 2.45) is 0 Å². The largest absolute Gasteiger partial charge is 0.394 e. The molecule has 0 saturated carbocycles. The van der Waals surface area contributed by atoms with Crippen molar-refractivity contribution in [3.05, 3.63) is 17.3 Å². The second-order valence-corrected chi connectivity index (χ2v) is 5.49. The fraction of sp³-hybridized carbons (Fsp3) is 0.455. The van der Waals surface area contributed by atoms with Crippen LogP contribution in [0.2, 0.25) is 0 Å². The highest BCUT2D eigenvalue weighted by Crippen LogP contribution is 2.29. The number of rotatable bonds is 5. The lowest BCUT2D eigenvalue weighted by Crippen LogP contribution is -2.14. The Kier molecular flexibility index (Phi) is 4.33. The molecule has 4 nitrogen and oxygen atoms in total. The lowest BCUT2D eigenvalue weighted by atomic mass is 10.4. The molecule has 6 heteroatoms. The van der Waals surface area contributed by atoms with Crippen LogP contribution in [0.15, 0.2) is 16.5 Å². The first-order valence-electron chi connectivity index (χ1n) is 5.40. The van der Waals surface area contributed by atoms with E-state index in [0.29, 0.717) is 5.75 Å². The highest BCUT2D eigenvalue weighted by Gasteiger charge is 2.10. The Morgan fingerprint density at radius 1 is 1.47 bits per heavy atom.